The van der Waals surface area contributed by atoms with E-state index in [4.69, 9.17) is 9.47 Å². The number of anilines is 3. The highest BCUT2D eigenvalue weighted by Gasteiger charge is 2.12. The van der Waals surface area contributed by atoms with Gasteiger partial charge in [0.05, 0.1) is 0 Å². The summed E-state index contributed by atoms with van der Waals surface area (Å²) >= 11 is 0. The third-order valence-electron chi connectivity index (χ3n) is 4.08. The van der Waals surface area contributed by atoms with Gasteiger partial charge in [0.1, 0.15) is 31.2 Å². The van der Waals surface area contributed by atoms with E-state index in [2.05, 4.69) is 51.8 Å². The highest BCUT2D eigenvalue weighted by atomic mass is 16.6. The molecule has 2 N–H and O–H groups in total. The van der Waals surface area contributed by atoms with E-state index in [9.17, 15) is 0 Å². The third-order valence-corrected chi connectivity index (χ3v) is 4.08. The van der Waals surface area contributed by atoms with Crippen molar-refractivity contribution >= 4 is 17.3 Å². The Morgan fingerprint density at radius 3 is 2.50 bits per heavy atom. The smallest absolute Gasteiger partial charge is 0.163 e. The van der Waals surface area contributed by atoms with Crippen molar-refractivity contribution in [3.05, 3.63) is 66.0 Å². The van der Waals surface area contributed by atoms with Crippen LogP contribution in [0.5, 0.6) is 11.5 Å². The number of nitrogens with one attached hydrogen (secondary N) is 2. The molecular weight excluding hydrogens is 328 g/mol. The lowest BCUT2D eigenvalue weighted by Gasteiger charge is -2.19. The van der Waals surface area contributed by atoms with Crippen LogP contribution in [0, 0.1) is 6.92 Å². The van der Waals surface area contributed by atoms with E-state index in [1.165, 1.54) is 17.5 Å². The van der Waals surface area contributed by atoms with E-state index < -0.39 is 0 Å². The van der Waals surface area contributed by atoms with Gasteiger partial charge in [0, 0.05) is 24.4 Å². The Balaban J connectivity index is 1.43. The Kier molecular flexibility index (Phi) is 4.55. The number of hydrogen-bond acceptors (Lipinski definition) is 6. The summed E-state index contributed by atoms with van der Waals surface area (Å²) in [6, 6.07) is 16.1. The van der Waals surface area contributed by atoms with Gasteiger partial charge in [-0.3, -0.25) is 0 Å². The lowest BCUT2D eigenvalue weighted by molar-refractivity contribution is 0.171. The van der Waals surface area contributed by atoms with Gasteiger partial charge < -0.3 is 20.1 Å². The number of aryl methyl sites for hydroxylation is 1. The number of ether oxygens (including phenoxy) is 2. The normalized spacial score (nSPS) is 12.5. The SMILES string of the molecule is Cc1ccc(CNc2cc(Nc3ccc4c(c3)OCCO4)ncn2)cc1. The molecule has 4 rings (SSSR count). The molecule has 1 aliphatic heterocycles. The van der Waals surface area contributed by atoms with Crippen LogP contribution in [0.3, 0.4) is 0 Å². The summed E-state index contributed by atoms with van der Waals surface area (Å²) in [4.78, 5) is 8.56. The first-order valence-corrected chi connectivity index (χ1v) is 8.54. The van der Waals surface area contributed by atoms with Crippen molar-refractivity contribution in [2.75, 3.05) is 23.8 Å². The minimum atomic E-state index is 0.567. The average Bonchev–Trinajstić information content (AvgIpc) is 2.68. The van der Waals surface area contributed by atoms with E-state index in [0.29, 0.717) is 25.6 Å². The highest BCUT2D eigenvalue weighted by molar-refractivity contribution is 5.63. The van der Waals surface area contributed by atoms with Crippen molar-refractivity contribution in [2.45, 2.75) is 13.5 Å². The van der Waals surface area contributed by atoms with Gasteiger partial charge in [0.15, 0.2) is 11.5 Å². The zero-order valence-corrected chi connectivity index (χ0v) is 14.5. The Labute approximate surface area is 152 Å². The molecule has 0 unspecified atom stereocenters. The molecule has 0 fully saturated rings. The summed E-state index contributed by atoms with van der Waals surface area (Å²) < 4.78 is 11.2. The van der Waals surface area contributed by atoms with Gasteiger partial charge in [0.25, 0.3) is 0 Å². The third kappa shape index (κ3) is 3.85. The van der Waals surface area contributed by atoms with Gasteiger partial charge in [-0.2, -0.15) is 0 Å². The van der Waals surface area contributed by atoms with Crippen molar-refractivity contribution in [1.29, 1.82) is 0 Å². The quantitative estimate of drug-likeness (QED) is 0.729. The maximum Gasteiger partial charge on any atom is 0.163 e. The monoisotopic (exact) mass is 348 g/mol. The molecule has 0 aliphatic carbocycles. The number of fused-ring (bicyclic) bond motifs is 1. The molecule has 2 heterocycles. The van der Waals surface area contributed by atoms with Gasteiger partial charge >= 0.3 is 0 Å². The average molecular weight is 348 g/mol. The summed E-state index contributed by atoms with van der Waals surface area (Å²) in [6.07, 6.45) is 1.54. The van der Waals surface area contributed by atoms with Crippen LogP contribution in [0.1, 0.15) is 11.1 Å². The van der Waals surface area contributed by atoms with Crippen LogP contribution in [0.4, 0.5) is 17.3 Å². The maximum atomic E-state index is 5.61. The Morgan fingerprint density at radius 1 is 0.885 bits per heavy atom. The van der Waals surface area contributed by atoms with Gasteiger partial charge in [-0.15, -0.1) is 0 Å². The summed E-state index contributed by atoms with van der Waals surface area (Å²) in [5, 5.41) is 6.59. The molecule has 0 saturated heterocycles. The molecule has 0 saturated carbocycles. The molecule has 1 aromatic heterocycles. The zero-order chi connectivity index (χ0) is 17.8. The fourth-order valence-electron chi connectivity index (χ4n) is 2.69. The van der Waals surface area contributed by atoms with E-state index in [1.807, 2.05) is 24.3 Å². The number of aromatic nitrogens is 2. The predicted octanol–water partition coefficient (Wildman–Crippen LogP) is 3.91. The molecule has 0 spiro atoms. The predicted molar refractivity (Wildman–Crippen MR) is 101 cm³/mol. The first-order valence-electron chi connectivity index (χ1n) is 8.54. The molecule has 132 valence electrons. The molecule has 26 heavy (non-hydrogen) atoms. The van der Waals surface area contributed by atoms with Crippen LogP contribution in [0.15, 0.2) is 54.9 Å². The van der Waals surface area contributed by atoms with E-state index in [-0.39, 0.29) is 0 Å². The summed E-state index contributed by atoms with van der Waals surface area (Å²) in [5.74, 6) is 2.99. The second-order valence-electron chi connectivity index (χ2n) is 6.11. The molecular formula is C20H20N4O2. The summed E-state index contributed by atoms with van der Waals surface area (Å²) in [5.41, 5.74) is 3.34. The van der Waals surface area contributed by atoms with Crippen LogP contribution in [0.2, 0.25) is 0 Å². The lowest BCUT2D eigenvalue weighted by atomic mass is 10.1. The second kappa shape index (κ2) is 7.31. The fourth-order valence-corrected chi connectivity index (χ4v) is 2.69. The Bertz CT molecular complexity index is 897. The minimum absolute atomic E-state index is 0.567. The van der Waals surface area contributed by atoms with Crippen molar-refractivity contribution < 1.29 is 9.47 Å². The maximum absolute atomic E-state index is 5.61. The van der Waals surface area contributed by atoms with E-state index in [1.54, 1.807) is 0 Å². The molecule has 3 aromatic rings. The zero-order valence-electron chi connectivity index (χ0n) is 14.5. The van der Waals surface area contributed by atoms with Crippen molar-refractivity contribution in [1.82, 2.24) is 9.97 Å². The number of rotatable bonds is 5. The summed E-state index contributed by atoms with van der Waals surface area (Å²) in [7, 11) is 0. The molecule has 0 bridgehead atoms. The second-order valence-corrected chi connectivity index (χ2v) is 6.11. The van der Waals surface area contributed by atoms with E-state index in [0.717, 1.165) is 23.0 Å². The molecule has 2 aromatic carbocycles. The number of benzene rings is 2. The first-order chi connectivity index (χ1) is 12.8. The minimum Gasteiger partial charge on any atom is -0.486 e. The van der Waals surface area contributed by atoms with Crippen molar-refractivity contribution in [2.24, 2.45) is 0 Å². The van der Waals surface area contributed by atoms with E-state index >= 15 is 0 Å². The molecule has 0 atom stereocenters. The highest BCUT2D eigenvalue weighted by Crippen LogP contribution is 2.33. The van der Waals surface area contributed by atoms with Crippen LogP contribution < -0.4 is 20.1 Å². The van der Waals surface area contributed by atoms with Gasteiger partial charge in [-0.25, -0.2) is 9.97 Å². The van der Waals surface area contributed by atoms with Gasteiger partial charge in [0.2, 0.25) is 0 Å². The van der Waals surface area contributed by atoms with Crippen LogP contribution in [-0.4, -0.2) is 23.2 Å². The van der Waals surface area contributed by atoms with Crippen LogP contribution in [-0.2, 0) is 6.54 Å². The Hall–Kier alpha value is -3.28. The lowest BCUT2D eigenvalue weighted by Crippen LogP contribution is -2.15. The van der Waals surface area contributed by atoms with Crippen molar-refractivity contribution in [3.8, 4) is 11.5 Å². The standard InChI is InChI=1S/C20H20N4O2/c1-14-2-4-15(5-3-14)12-21-19-11-20(23-13-22-19)24-16-6-7-17-18(10-16)26-9-8-25-17/h2-7,10-11,13H,8-9,12H2,1H3,(H2,21,22,23,24). The molecule has 1 aliphatic rings. The number of hydrogen-bond donors (Lipinski definition) is 2. The topological polar surface area (TPSA) is 68.3 Å². The van der Waals surface area contributed by atoms with Crippen molar-refractivity contribution in [3.63, 3.8) is 0 Å². The molecule has 0 radical (unpaired) electrons. The molecule has 6 heteroatoms. The largest absolute Gasteiger partial charge is 0.486 e. The Morgan fingerprint density at radius 2 is 1.65 bits per heavy atom. The van der Waals surface area contributed by atoms with Gasteiger partial charge in [-0.1, -0.05) is 29.8 Å². The van der Waals surface area contributed by atoms with Crippen LogP contribution >= 0.6 is 0 Å². The fraction of sp³-hybridized carbons (Fsp3) is 0.200. The van der Waals surface area contributed by atoms with Gasteiger partial charge in [-0.05, 0) is 24.6 Å². The molecule has 0 amide bonds. The van der Waals surface area contributed by atoms with Crippen LogP contribution in [0.25, 0.3) is 0 Å². The molecule has 6 nitrogen and oxygen atoms in total. The first kappa shape index (κ1) is 16.2. The summed E-state index contributed by atoms with van der Waals surface area (Å²) in [6.45, 7) is 3.94. The number of nitrogens with zero attached hydrogens (tertiary/aromatic N) is 2.